The Bertz CT molecular complexity index is 149. The van der Waals surface area contributed by atoms with Crippen molar-refractivity contribution in [1.82, 2.24) is 20.4 Å². The largest absolute Gasteiger partial charge is 0.314 e. The predicted octanol–water partition coefficient (Wildman–Crippen LogP) is -0.569. The van der Waals surface area contributed by atoms with Gasteiger partial charge in [0.25, 0.3) is 0 Å². The summed E-state index contributed by atoms with van der Waals surface area (Å²) in [7, 11) is 4.32. The minimum absolute atomic E-state index is 0.689. The zero-order valence-electron chi connectivity index (χ0n) is 10.4. The van der Waals surface area contributed by atoms with Crippen LogP contribution in [0, 0.1) is 0 Å². The molecule has 2 fully saturated rings. The number of hydrogen-bond acceptors (Lipinski definition) is 4. The van der Waals surface area contributed by atoms with Gasteiger partial charge in [0.1, 0.15) is 0 Å². The van der Waals surface area contributed by atoms with Crippen molar-refractivity contribution in [2.45, 2.75) is 13.0 Å². The topological polar surface area (TPSA) is 30.5 Å². The number of hydrogen-bond donors (Lipinski definition) is 2. The molecule has 0 saturated carbocycles. The SMILES string of the molecule is CC1CN(C)CCN1.CN1CCNCC1. The van der Waals surface area contributed by atoms with Crippen LogP contribution < -0.4 is 10.6 Å². The second-order valence-electron chi connectivity index (χ2n) is 4.67. The Kier molecular flexibility index (Phi) is 6.17. The van der Waals surface area contributed by atoms with Gasteiger partial charge >= 0.3 is 0 Å². The fraction of sp³-hybridized carbons (Fsp3) is 1.00. The van der Waals surface area contributed by atoms with Crippen molar-refractivity contribution in [3.05, 3.63) is 0 Å². The molecule has 1 unspecified atom stereocenters. The molecule has 0 aromatic carbocycles. The lowest BCUT2D eigenvalue weighted by Gasteiger charge is -2.28. The van der Waals surface area contributed by atoms with Crippen LogP contribution in [0.5, 0.6) is 0 Å². The van der Waals surface area contributed by atoms with E-state index in [0.717, 1.165) is 19.6 Å². The summed E-state index contributed by atoms with van der Waals surface area (Å²) in [4.78, 5) is 4.68. The molecular weight excluding hydrogens is 188 g/mol. The number of likely N-dealkylation sites (N-methyl/N-ethyl adjacent to an activating group) is 2. The molecule has 2 N–H and O–H groups in total. The van der Waals surface area contributed by atoms with Crippen LogP contribution >= 0.6 is 0 Å². The fourth-order valence-electron chi connectivity index (χ4n) is 1.90. The molecule has 2 rings (SSSR count). The number of rotatable bonds is 0. The van der Waals surface area contributed by atoms with Gasteiger partial charge in [-0.2, -0.15) is 0 Å². The highest BCUT2D eigenvalue weighted by atomic mass is 15.2. The Hall–Kier alpha value is -0.160. The van der Waals surface area contributed by atoms with E-state index >= 15 is 0 Å². The quantitative estimate of drug-likeness (QED) is 0.565. The Balaban J connectivity index is 0.000000151. The molecule has 90 valence electrons. The maximum atomic E-state index is 3.37. The van der Waals surface area contributed by atoms with Crippen LogP contribution in [0.15, 0.2) is 0 Å². The lowest BCUT2D eigenvalue weighted by atomic mass is 10.2. The third-order valence-electron chi connectivity index (χ3n) is 2.91. The minimum Gasteiger partial charge on any atom is -0.314 e. The van der Waals surface area contributed by atoms with Crippen LogP contribution in [-0.2, 0) is 0 Å². The van der Waals surface area contributed by atoms with Crippen LogP contribution in [0.4, 0.5) is 0 Å². The molecule has 15 heavy (non-hydrogen) atoms. The first-order valence-electron chi connectivity index (χ1n) is 5.99. The number of piperazine rings is 2. The zero-order valence-corrected chi connectivity index (χ0v) is 10.4. The summed E-state index contributed by atoms with van der Waals surface area (Å²) in [5.74, 6) is 0. The average Bonchev–Trinajstić information content (AvgIpc) is 2.19. The molecule has 0 aromatic rings. The Morgan fingerprint density at radius 2 is 1.53 bits per heavy atom. The first-order valence-corrected chi connectivity index (χ1v) is 5.99. The van der Waals surface area contributed by atoms with E-state index in [0.29, 0.717) is 6.04 Å². The van der Waals surface area contributed by atoms with E-state index in [4.69, 9.17) is 0 Å². The van der Waals surface area contributed by atoms with Crippen molar-refractivity contribution < 1.29 is 0 Å². The van der Waals surface area contributed by atoms with Gasteiger partial charge in [-0.05, 0) is 21.0 Å². The molecule has 0 spiro atoms. The second kappa shape index (κ2) is 7.17. The second-order valence-corrected chi connectivity index (χ2v) is 4.67. The monoisotopic (exact) mass is 214 g/mol. The van der Waals surface area contributed by atoms with Crippen LogP contribution in [-0.4, -0.2) is 75.8 Å². The van der Waals surface area contributed by atoms with Crippen molar-refractivity contribution in [2.75, 3.05) is 59.9 Å². The maximum Gasteiger partial charge on any atom is 0.0167 e. The van der Waals surface area contributed by atoms with E-state index in [1.54, 1.807) is 0 Å². The van der Waals surface area contributed by atoms with E-state index in [-0.39, 0.29) is 0 Å². The summed E-state index contributed by atoms with van der Waals surface area (Å²) in [6.45, 7) is 10.5. The van der Waals surface area contributed by atoms with Crippen LogP contribution in [0.1, 0.15) is 6.92 Å². The molecule has 1 atom stereocenters. The van der Waals surface area contributed by atoms with Gasteiger partial charge in [0, 0.05) is 51.9 Å². The molecule has 0 bridgehead atoms. The number of nitrogens with one attached hydrogen (secondary N) is 2. The van der Waals surface area contributed by atoms with Gasteiger partial charge in [0.05, 0.1) is 0 Å². The van der Waals surface area contributed by atoms with E-state index in [1.807, 2.05) is 0 Å². The Labute approximate surface area is 94.0 Å². The molecule has 0 aliphatic carbocycles. The Morgan fingerprint density at radius 1 is 0.933 bits per heavy atom. The standard InChI is InChI=1S/C6H14N2.C5H12N2/c1-6-5-8(2)4-3-7-6;1-7-4-2-6-3-5-7/h6-7H,3-5H2,1-2H3;6H,2-5H2,1H3. The molecule has 2 heterocycles. The maximum absolute atomic E-state index is 3.37. The smallest absolute Gasteiger partial charge is 0.0167 e. The molecule has 4 nitrogen and oxygen atoms in total. The van der Waals surface area contributed by atoms with E-state index in [1.165, 1.54) is 26.2 Å². The molecule has 0 amide bonds. The van der Waals surface area contributed by atoms with Gasteiger partial charge in [-0.3, -0.25) is 0 Å². The first kappa shape index (κ1) is 12.9. The van der Waals surface area contributed by atoms with Gasteiger partial charge in [-0.1, -0.05) is 0 Å². The summed E-state index contributed by atoms with van der Waals surface area (Å²) >= 11 is 0. The summed E-state index contributed by atoms with van der Waals surface area (Å²) < 4.78 is 0. The van der Waals surface area contributed by atoms with Crippen molar-refractivity contribution in [2.24, 2.45) is 0 Å². The van der Waals surface area contributed by atoms with Crippen molar-refractivity contribution >= 4 is 0 Å². The fourth-order valence-corrected chi connectivity index (χ4v) is 1.90. The summed E-state index contributed by atoms with van der Waals surface area (Å²) in [6.07, 6.45) is 0. The molecule has 2 aliphatic heterocycles. The van der Waals surface area contributed by atoms with Crippen molar-refractivity contribution in [3.63, 3.8) is 0 Å². The highest BCUT2D eigenvalue weighted by Crippen LogP contribution is 1.92. The Morgan fingerprint density at radius 3 is 1.87 bits per heavy atom. The normalized spacial score (nSPS) is 29.4. The van der Waals surface area contributed by atoms with E-state index < -0.39 is 0 Å². The molecule has 0 aromatic heterocycles. The molecule has 2 saturated heterocycles. The van der Waals surface area contributed by atoms with Crippen molar-refractivity contribution in [1.29, 1.82) is 0 Å². The summed E-state index contributed by atoms with van der Waals surface area (Å²) in [6, 6.07) is 0.689. The summed E-state index contributed by atoms with van der Waals surface area (Å²) in [5, 5.41) is 6.64. The lowest BCUT2D eigenvalue weighted by Crippen LogP contribution is -2.47. The van der Waals surface area contributed by atoms with Crippen LogP contribution in [0.25, 0.3) is 0 Å². The first-order chi connectivity index (χ1) is 7.18. The van der Waals surface area contributed by atoms with Gasteiger partial charge in [0.2, 0.25) is 0 Å². The van der Waals surface area contributed by atoms with Crippen LogP contribution in [0.2, 0.25) is 0 Å². The molecular formula is C11H26N4. The van der Waals surface area contributed by atoms with Crippen molar-refractivity contribution in [3.8, 4) is 0 Å². The molecule has 0 radical (unpaired) electrons. The average molecular weight is 214 g/mol. The van der Waals surface area contributed by atoms with Gasteiger partial charge in [-0.25, -0.2) is 0 Å². The van der Waals surface area contributed by atoms with Crippen LogP contribution in [0.3, 0.4) is 0 Å². The molecule has 4 heteroatoms. The summed E-state index contributed by atoms with van der Waals surface area (Å²) in [5.41, 5.74) is 0. The van der Waals surface area contributed by atoms with Gasteiger partial charge < -0.3 is 20.4 Å². The lowest BCUT2D eigenvalue weighted by molar-refractivity contribution is 0.248. The number of nitrogens with zero attached hydrogens (tertiary/aromatic N) is 2. The van der Waals surface area contributed by atoms with Gasteiger partial charge in [-0.15, -0.1) is 0 Å². The van der Waals surface area contributed by atoms with Gasteiger partial charge in [0.15, 0.2) is 0 Å². The zero-order chi connectivity index (χ0) is 11.1. The highest BCUT2D eigenvalue weighted by molar-refractivity contribution is 4.71. The van der Waals surface area contributed by atoms with E-state index in [9.17, 15) is 0 Å². The highest BCUT2D eigenvalue weighted by Gasteiger charge is 2.09. The third-order valence-corrected chi connectivity index (χ3v) is 2.91. The van der Waals surface area contributed by atoms with E-state index in [2.05, 4.69) is 41.5 Å². The third kappa shape index (κ3) is 6.10. The predicted molar refractivity (Wildman–Crippen MR) is 65.3 cm³/mol. The minimum atomic E-state index is 0.689. The molecule has 2 aliphatic rings.